The van der Waals surface area contributed by atoms with Crippen molar-refractivity contribution in [3.05, 3.63) is 35.6 Å². The van der Waals surface area contributed by atoms with Crippen LogP contribution in [0.5, 0.6) is 0 Å². The van der Waals surface area contributed by atoms with E-state index >= 15 is 0 Å². The van der Waals surface area contributed by atoms with Crippen molar-refractivity contribution in [1.29, 1.82) is 0 Å². The maximum absolute atomic E-state index is 13.4. The van der Waals surface area contributed by atoms with Crippen molar-refractivity contribution in [2.75, 3.05) is 18.6 Å². The number of carbonyl (C=O) groups excluding carboxylic acids is 1. The van der Waals surface area contributed by atoms with E-state index in [-0.39, 0.29) is 12.4 Å². The second kappa shape index (κ2) is 9.23. The van der Waals surface area contributed by atoms with E-state index in [2.05, 4.69) is 10.6 Å². The molecule has 0 unspecified atom stereocenters. The van der Waals surface area contributed by atoms with Crippen LogP contribution in [0.4, 0.5) is 9.18 Å². The number of halogens is 1. The lowest BCUT2D eigenvalue weighted by molar-refractivity contribution is -0.139. The highest BCUT2D eigenvalue weighted by Gasteiger charge is 2.18. The molecule has 0 bridgehead atoms. The molecule has 0 aliphatic rings. The number of amides is 2. The van der Waals surface area contributed by atoms with Crippen molar-refractivity contribution in [2.45, 2.75) is 18.9 Å². The first kappa shape index (κ1) is 17.3. The molecule has 5 nitrogen and oxygen atoms in total. The molecule has 0 aliphatic carbocycles. The second-order valence-corrected chi connectivity index (χ2v) is 5.40. The van der Waals surface area contributed by atoms with E-state index in [1.54, 1.807) is 18.2 Å². The van der Waals surface area contributed by atoms with E-state index in [4.69, 9.17) is 5.11 Å². The fraction of sp³-hybridized carbons (Fsp3) is 0.429. The molecule has 1 rings (SSSR count). The number of benzene rings is 1. The lowest BCUT2D eigenvalue weighted by atomic mass is 10.1. The molecular formula is C14H19FN2O3S. The lowest BCUT2D eigenvalue weighted by Gasteiger charge is -2.14. The van der Waals surface area contributed by atoms with E-state index in [0.717, 1.165) is 0 Å². The van der Waals surface area contributed by atoms with Crippen LogP contribution in [-0.4, -0.2) is 41.7 Å². The SMILES string of the molecule is CSCC[C@@H](NC(=O)NCCc1ccccc1F)C(=O)O. The summed E-state index contributed by atoms with van der Waals surface area (Å²) in [5, 5.41) is 13.9. The molecular weight excluding hydrogens is 295 g/mol. The Labute approximate surface area is 127 Å². The van der Waals surface area contributed by atoms with Crippen molar-refractivity contribution >= 4 is 23.8 Å². The van der Waals surface area contributed by atoms with Crippen LogP contribution in [0.25, 0.3) is 0 Å². The third kappa shape index (κ3) is 6.48. The molecule has 0 aliphatic heterocycles. The first-order valence-electron chi connectivity index (χ1n) is 6.54. The van der Waals surface area contributed by atoms with Gasteiger partial charge in [0.1, 0.15) is 11.9 Å². The summed E-state index contributed by atoms with van der Waals surface area (Å²) in [7, 11) is 0. The monoisotopic (exact) mass is 314 g/mol. The van der Waals surface area contributed by atoms with Gasteiger partial charge in [-0.1, -0.05) is 18.2 Å². The highest BCUT2D eigenvalue weighted by Crippen LogP contribution is 2.06. The fourth-order valence-electron chi connectivity index (χ4n) is 1.71. The fourth-order valence-corrected chi connectivity index (χ4v) is 2.19. The van der Waals surface area contributed by atoms with Crippen LogP contribution in [-0.2, 0) is 11.2 Å². The average molecular weight is 314 g/mol. The summed E-state index contributed by atoms with van der Waals surface area (Å²) in [4.78, 5) is 22.6. The van der Waals surface area contributed by atoms with Gasteiger partial charge in [0.25, 0.3) is 0 Å². The summed E-state index contributed by atoms with van der Waals surface area (Å²) in [6, 6.07) is 4.86. The minimum absolute atomic E-state index is 0.238. The Morgan fingerprint density at radius 2 is 2.10 bits per heavy atom. The van der Waals surface area contributed by atoms with Gasteiger partial charge in [-0.05, 0) is 36.5 Å². The number of carboxylic acid groups (broad SMARTS) is 1. The van der Waals surface area contributed by atoms with E-state index in [1.165, 1.54) is 17.8 Å². The minimum Gasteiger partial charge on any atom is -0.480 e. The minimum atomic E-state index is -1.06. The van der Waals surface area contributed by atoms with Gasteiger partial charge in [0.2, 0.25) is 0 Å². The summed E-state index contributed by atoms with van der Waals surface area (Å²) in [6.07, 6.45) is 2.58. The van der Waals surface area contributed by atoms with Crippen LogP contribution in [0, 0.1) is 5.82 Å². The Morgan fingerprint density at radius 3 is 2.71 bits per heavy atom. The zero-order chi connectivity index (χ0) is 15.7. The smallest absolute Gasteiger partial charge is 0.326 e. The highest BCUT2D eigenvalue weighted by molar-refractivity contribution is 7.98. The highest BCUT2D eigenvalue weighted by atomic mass is 32.2. The third-order valence-corrected chi connectivity index (χ3v) is 3.50. The van der Waals surface area contributed by atoms with Crippen molar-refractivity contribution < 1.29 is 19.1 Å². The molecule has 0 saturated carbocycles. The molecule has 1 aromatic rings. The van der Waals surface area contributed by atoms with E-state index < -0.39 is 18.0 Å². The lowest BCUT2D eigenvalue weighted by Crippen LogP contribution is -2.46. The molecule has 116 valence electrons. The Kier molecular flexibility index (Phi) is 7.60. The van der Waals surface area contributed by atoms with Crippen LogP contribution >= 0.6 is 11.8 Å². The summed E-state index contributed by atoms with van der Waals surface area (Å²) in [6.45, 7) is 0.238. The van der Waals surface area contributed by atoms with Crippen LogP contribution in [0.15, 0.2) is 24.3 Å². The third-order valence-electron chi connectivity index (χ3n) is 2.85. The number of carbonyl (C=O) groups is 2. The Balaban J connectivity index is 2.36. The molecule has 0 spiro atoms. The molecule has 2 amide bonds. The van der Waals surface area contributed by atoms with Crippen molar-refractivity contribution in [2.24, 2.45) is 0 Å². The van der Waals surface area contributed by atoms with E-state index in [1.807, 2.05) is 6.26 Å². The van der Waals surface area contributed by atoms with Crippen molar-refractivity contribution in [3.63, 3.8) is 0 Å². The second-order valence-electron chi connectivity index (χ2n) is 4.41. The van der Waals surface area contributed by atoms with Gasteiger partial charge in [-0.15, -0.1) is 0 Å². The average Bonchev–Trinajstić information content (AvgIpc) is 2.45. The number of hydrogen-bond acceptors (Lipinski definition) is 3. The zero-order valence-electron chi connectivity index (χ0n) is 11.8. The summed E-state index contributed by atoms with van der Waals surface area (Å²) in [5.74, 6) is -0.733. The molecule has 21 heavy (non-hydrogen) atoms. The van der Waals surface area contributed by atoms with Gasteiger partial charge >= 0.3 is 12.0 Å². The number of nitrogens with one attached hydrogen (secondary N) is 2. The van der Waals surface area contributed by atoms with E-state index in [0.29, 0.717) is 24.2 Å². The maximum Gasteiger partial charge on any atom is 0.326 e. The first-order chi connectivity index (χ1) is 10.0. The van der Waals surface area contributed by atoms with Crippen LogP contribution in [0.2, 0.25) is 0 Å². The standard InChI is InChI=1S/C14H19FN2O3S/c1-21-9-7-12(13(18)19)17-14(20)16-8-6-10-4-2-3-5-11(10)15/h2-5,12H,6-9H2,1H3,(H,18,19)(H2,16,17,20)/t12-/m1/s1. The van der Waals surface area contributed by atoms with E-state index in [9.17, 15) is 14.0 Å². The first-order valence-corrected chi connectivity index (χ1v) is 7.93. The van der Waals surface area contributed by atoms with Crippen molar-refractivity contribution in [3.8, 4) is 0 Å². The Hall–Kier alpha value is -1.76. The normalized spacial score (nSPS) is 11.7. The van der Waals surface area contributed by atoms with Crippen LogP contribution in [0.3, 0.4) is 0 Å². The molecule has 3 N–H and O–H groups in total. The molecule has 0 fully saturated rings. The molecule has 0 aromatic heterocycles. The Morgan fingerprint density at radius 1 is 1.38 bits per heavy atom. The predicted molar refractivity (Wildman–Crippen MR) is 81.1 cm³/mol. The summed E-state index contributed by atoms with van der Waals surface area (Å²) >= 11 is 1.51. The Bertz CT molecular complexity index is 485. The van der Waals surface area contributed by atoms with Gasteiger partial charge in [-0.25, -0.2) is 14.0 Å². The molecule has 0 saturated heterocycles. The topological polar surface area (TPSA) is 78.4 Å². The molecule has 1 aromatic carbocycles. The van der Waals surface area contributed by atoms with Gasteiger partial charge in [0.15, 0.2) is 0 Å². The molecule has 0 radical (unpaired) electrons. The largest absolute Gasteiger partial charge is 0.480 e. The van der Waals surface area contributed by atoms with Gasteiger partial charge in [-0.3, -0.25) is 0 Å². The molecule has 7 heteroatoms. The number of carboxylic acids is 1. The quantitative estimate of drug-likeness (QED) is 0.684. The van der Waals surface area contributed by atoms with Crippen LogP contribution in [0.1, 0.15) is 12.0 Å². The van der Waals surface area contributed by atoms with Gasteiger partial charge in [0, 0.05) is 6.54 Å². The van der Waals surface area contributed by atoms with Gasteiger partial charge < -0.3 is 15.7 Å². The number of thioether (sulfide) groups is 1. The summed E-state index contributed by atoms with van der Waals surface area (Å²) < 4.78 is 13.4. The number of urea groups is 1. The van der Waals surface area contributed by atoms with Crippen molar-refractivity contribution in [1.82, 2.24) is 10.6 Å². The molecule has 0 heterocycles. The summed E-state index contributed by atoms with van der Waals surface area (Å²) in [5.41, 5.74) is 0.509. The number of hydrogen-bond donors (Lipinski definition) is 3. The maximum atomic E-state index is 13.4. The number of aliphatic carboxylic acids is 1. The predicted octanol–water partition coefficient (Wildman–Crippen LogP) is 1.87. The van der Waals surface area contributed by atoms with Crippen LogP contribution < -0.4 is 10.6 Å². The zero-order valence-corrected chi connectivity index (χ0v) is 12.6. The number of rotatable bonds is 8. The van der Waals surface area contributed by atoms with Gasteiger partial charge in [-0.2, -0.15) is 11.8 Å². The molecule has 1 atom stereocenters. The van der Waals surface area contributed by atoms with Gasteiger partial charge in [0.05, 0.1) is 0 Å².